The molecule has 0 saturated heterocycles. The van der Waals surface area contributed by atoms with Crippen molar-refractivity contribution in [3.63, 3.8) is 0 Å². The number of hydrogen-bond acceptors (Lipinski definition) is 8. The van der Waals surface area contributed by atoms with E-state index < -0.39 is 58.1 Å². The molecule has 10 nitrogen and oxygen atoms in total. The van der Waals surface area contributed by atoms with Crippen molar-refractivity contribution in [3.8, 4) is 0 Å². The summed E-state index contributed by atoms with van der Waals surface area (Å²) in [5, 5.41) is 0. The predicted octanol–water partition coefficient (Wildman–Crippen LogP) is 1.22. The molecule has 1 aliphatic carbocycles. The van der Waals surface area contributed by atoms with Crippen molar-refractivity contribution in [2.75, 3.05) is 0 Å². The third-order valence-electron chi connectivity index (χ3n) is 4.32. The molecular weight excluding hydrogens is 458 g/mol. The molecule has 1 atom stereocenters. The normalized spacial score (nSPS) is 19.8. The van der Waals surface area contributed by atoms with E-state index in [9.17, 15) is 34.4 Å². The van der Waals surface area contributed by atoms with Gasteiger partial charge in [0.25, 0.3) is 30.4 Å². The van der Waals surface area contributed by atoms with E-state index in [1.807, 2.05) is 0 Å². The summed E-state index contributed by atoms with van der Waals surface area (Å²) in [5.74, 6) is -0.559. The van der Waals surface area contributed by atoms with Crippen molar-refractivity contribution in [2.45, 2.75) is 22.8 Å². The van der Waals surface area contributed by atoms with Crippen LogP contribution < -0.4 is 5.73 Å². The van der Waals surface area contributed by atoms with Gasteiger partial charge in [-0.15, -0.1) is 0 Å². The summed E-state index contributed by atoms with van der Waals surface area (Å²) >= 11 is 0. The van der Waals surface area contributed by atoms with Gasteiger partial charge in [-0.05, 0) is 29.3 Å². The van der Waals surface area contributed by atoms with Gasteiger partial charge in [0, 0.05) is 12.0 Å². The molecule has 0 aromatic heterocycles. The van der Waals surface area contributed by atoms with E-state index in [1.165, 1.54) is 0 Å². The van der Waals surface area contributed by atoms with Gasteiger partial charge in [0.05, 0.1) is 9.80 Å². The zero-order chi connectivity index (χ0) is 22.4. The molecular formula is C17H17NO9S3. The highest BCUT2D eigenvalue weighted by Gasteiger charge is 2.42. The van der Waals surface area contributed by atoms with Crippen molar-refractivity contribution in [3.05, 3.63) is 70.1 Å². The van der Waals surface area contributed by atoms with E-state index in [0.717, 1.165) is 24.3 Å². The smallest absolute Gasteiger partial charge is 0.294 e. The van der Waals surface area contributed by atoms with E-state index in [2.05, 4.69) is 0 Å². The predicted molar refractivity (Wildman–Crippen MR) is 106 cm³/mol. The van der Waals surface area contributed by atoms with Crippen molar-refractivity contribution in [2.24, 2.45) is 5.73 Å². The molecule has 3 rings (SSSR count). The molecule has 2 aromatic carbocycles. The lowest BCUT2D eigenvalue weighted by Gasteiger charge is -2.34. The molecule has 2 aromatic rings. The van der Waals surface area contributed by atoms with Gasteiger partial charge in [0.2, 0.25) is 0 Å². The molecule has 0 aliphatic heterocycles. The maximum Gasteiger partial charge on any atom is 0.294 e. The number of rotatable bonds is 6. The second kappa shape index (κ2) is 7.53. The van der Waals surface area contributed by atoms with Crippen LogP contribution in [0, 0.1) is 0 Å². The molecule has 0 spiro atoms. The summed E-state index contributed by atoms with van der Waals surface area (Å²) < 4.78 is 95.2. The van der Waals surface area contributed by atoms with Crippen LogP contribution in [-0.2, 0) is 46.0 Å². The Morgan fingerprint density at radius 1 is 0.933 bits per heavy atom. The highest BCUT2D eigenvalue weighted by Crippen LogP contribution is 2.40. The van der Waals surface area contributed by atoms with E-state index in [1.54, 1.807) is 30.3 Å². The number of fused-ring (bicyclic) bond motifs is 1. The van der Waals surface area contributed by atoms with Gasteiger partial charge in [0.1, 0.15) is 5.75 Å². The Morgan fingerprint density at radius 3 is 2.13 bits per heavy atom. The van der Waals surface area contributed by atoms with Crippen LogP contribution in [0.2, 0.25) is 0 Å². The molecule has 0 radical (unpaired) electrons. The molecule has 0 heterocycles. The van der Waals surface area contributed by atoms with E-state index in [4.69, 9.17) is 9.92 Å². The molecule has 1 unspecified atom stereocenters. The summed E-state index contributed by atoms with van der Waals surface area (Å²) in [6.07, 6.45) is 0.204. The van der Waals surface area contributed by atoms with Crippen LogP contribution in [0.25, 0.3) is 6.08 Å². The fourth-order valence-electron chi connectivity index (χ4n) is 3.06. The van der Waals surface area contributed by atoms with Gasteiger partial charge in [-0.2, -0.15) is 25.3 Å². The number of hydrogen-bond donors (Lipinski definition) is 3. The van der Waals surface area contributed by atoms with Gasteiger partial charge in [0.15, 0.2) is 5.72 Å². The zero-order valence-corrected chi connectivity index (χ0v) is 17.6. The van der Waals surface area contributed by atoms with Crippen LogP contribution in [0.3, 0.4) is 0 Å². The summed E-state index contributed by atoms with van der Waals surface area (Å²) in [4.78, 5) is -1.26. The Kier molecular flexibility index (Phi) is 5.66. The van der Waals surface area contributed by atoms with Crippen molar-refractivity contribution >= 4 is 36.4 Å². The van der Waals surface area contributed by atoms with E-state index in [-0.39, 0.29) is 11.1 Å². The monoisotopic (exact) mass is 475 g/mol. The van der Waals surface area contributed by atoms with Gasteiger partial charge in [-0.25, -0.2) is 4.18 Å². The summed E-state index contributed by atoms with van der Waals surface area (Å²) in [6.45, 7) is 0. The van der Waals surface area contributed by atoms with Crippen LogP contribution in [0.4, 0.5) is 0 Å². The zero-order valence-electron chi connectivity index (χ0n) is 15.2. The second-order valence-electron chi connectivity index (χ2n) is 6.65. The second-order valence-corrected chi connectivity index (χ2v) is 11.1. The minimum atomic E-state index is -4.81. The molecule has 0 bridgehead atoms. The van der Waals surface area contributed by atoms with Crippen LogP contribution in [-0.4, -0.2) is 34.4 Å². The minimum Gasteiger partial charge on any atom is -0.298 e. The Balaban J connectivity index is 2.09. The topological polar surface area (TPSA) is 178 Å². The lowest BCUT2D eigenvalue weighted by molar-refractivity contribution is 0.0814. The first kappa shape index (κ1) is 22.6. The molecule has 4 N–H and O–H groups in total. The summed E-state index contributed by atoms with van der Waals surface area (Å²) in [7, 11) is -13.8. The fourth-order valence-corrected chi connectivity index (χ4v) is 5.51. The lowest BCUT2D eigenvalue weighted by Crippen LogP contribution is -2.44. The molecule has 0 fully saturated rings. The minimum absolute atomic E-state index is 0.0427. The SMILES string of the molecule is NC1(OS(=O)(=O)Cc2ccccc2)CC(S(=O)(=O)O)=Cc2cc(S(=O)(=O)O)ccc21. The third kappa shape index (κ3) is 4.95. The van der Waals surface area contributed by atoms with Crippen LogP contribution >= 0.6 is 0 Å². The maximum absolute atomic E-state index is 12.6. The standard InChI is InChI=1S/C17H17NO9S3/c18-17(27-28(19,20)11-12-4-2-1-3-5-12)10-15(30(24,25)26)9-13-8-14(29(21,22)23)6-7-16(13)17/h1-9H,10-11,18H2,(H,21,22,23)(H,24,25,26). The summed E-state index contributed by atoms with van der Waals surface area (Å²) in [6, 6.07) is 11.0. The first-order valence-corrected chi connectivity index (χ1v) is 12.7. The van der Waals surface area contributed by atoms with Gasteiger partial charge in [-0.1, -0.05) is 36.4 Å². The van der Waals surface area contributed by atoms with Crippen LogP contribution in [0.15, 0.2) is 58.3 Å². The average molecular weight is 476 g/mol. The van der Waals surface area contributed by atoms with Gasteiger partial charge in [-0.3, -0.25) is 14.8 Å². The van der Waals surface area contributed by atoms with E-state index in [0.29, 0.717) is 5.56 Å². The molecule has 30 heavy (non-hydrogen) atoms. The molecule has 162 valence electrons. The largest absolute Gasteiger partial charge is 0.298 e. The first-order chi connectivity index (χ1) is 13.7. The van der Waals surface area contributed by atoms with Crippen LogP contribution in [0.1, 0.15) is 23.1 Å². The lowest BCUT2D eigenvalue weighted by atomic mass is 9.90. The third-order valence-corrected chi connectivity index (χ3v) is 7.34. The van der Waals surface area contributed by atoms with Gasteiger partial charge < -0.3 is 0 Å². The molecule has 13 heteroatoms. The maximum atomic E-state index is 12.6. The van der Waals surface area contributed by atoms with Gasteiger partial charge >= 0.3 is 0 Å². The Morgan fingerprint density at radius 2 is 1.57 bits per heavy atom. The highest BCUT2D eigenvalue weighted by atomic mass is 32.2. The number of nitrogens with two attached hydrogens (primary N) is 1. The molecule has 0 saturated carbocycles. The molecule has 1 aliphatic rings. The number of benzene rings is 2. The molecule has 0 amide bonds. The average Bonchev–Trinajstić information content (AvgIpc) is 2.59. The summed E-state index contributed by atoms with van der Waals surface area (Å²) in [5.41, 5.74) is 4.08. The first-order valence-electron chi connectivity index (χ1n) is 8.26. The Bertz CT molecular complexity index is 1330. The van der Waals surface area contributed by atoms with Crippen molar-refractivity contribution < 1.29 is 38.5 Å². The Hall–Kier alpha value is -2.13. The van der Waals surface area contributed by atoms with Crippen molar-refractivity contribution in [1.29, 1.82) is 0 Å². The highest BCUT2D eigenvalue weighted by molar-refractivity contribution is 7.90. The Labute approximate surface area is 173 Å². The quantitative estimate of drug-likeness (QED) is 0.312. The van der Waals surface area contributed by atoms with Crippen LogP contribution in [0.5, 0.6) is 0 Å². The van der Waals surface area contributed by atoms with E-state index >= 15 is 0 Å². The van der Waals surface area contributed by atoms with Crippen molar-refractivity contribution in [1.82, 2.24) is 0 Å². The fraction of sp³-hybridized carbons (Fsp3) is 0.176.